The standard InChI is InChI=1S/C9H16N2O/c1-11(2)6-8-5-9(3-4-10)12-7-8/h5,7H,3-4,6,10H2,1-2H3. The van der Waals surface area contributed by atoms with Crippen molar-refractivity contribution in [2.24, 2.45) is 5.73 Å². The maximum Gasteiger partial charge on any atom is 0.105 e. The Bertz CT molecular complexity index is 230. The van der Waals surface area contributed by atoms with E-state index in [0.29, 0.717) is 6.54 Å². The Morgan fingerprint density at radius 3 is 2.83 bits per heavy atom. The van der Waals surface area contributed by atoms with Crippen molar-refractivity contribution in [1.29, 1.82) is 0 Å². The van der Waals surface area contributed by atoms with Crippen LogP contribution < -0.4 is 5.73 Å². The first-order chi connectivity index (χ1) is 5.72. The normalized spacial score (nSPS) is 11.0. The maximum absolute atomic E-state index is 5.40. The number of furan rings is 1. The molecule has 1 aromatic heterocycles. The molecule has 12 heavy (non-hydrogen) atoms. The van der Waals surface area contributed by atoms with Crippen LogP contribution >= 0.6 is 0 Å². The summed E-state index contributed by atoms with van der Waals surface area (Å²) in [5, 5.41) is 0. The summed E-state index contributed by atoms with van der Waals surface area (Å²) in [6.07, 6.45) is 2.62. The second-order valence-electron chi connectivity index (χ2n) is 3.20. The Morgan fingerprint density at radius 2 is 2.25 bits per heavy atom. The summed E-state index contributed by atoms with van der Waals surface area (Å²) >= 11 is 0. The van der Waals surface area contributed by atoms with E-state index in [2.05, 4.69) is 11.0 Å². The highest BCUT2D eigenvalue weighted by Gasteiger charge is 2.01. The van der Waals surface area contributed by atoms with Crippen LogP contribution in [0.1, 0.15) is 11.3 Å². The van der Waals surface area contributed by atoms with E-state index in [9.17, 15) is 0 Å². The van der Waals surface area contributed by atoms with Crippen LogP contribution in [0.4, 0.5) is 0 Å². The van der Waals surface area contributed by atoms with Gasteiger partial charge in [0.15, 0.2) is 0 Å². The second-order valence-corrected chi connectivity index (χ2v) is 3.20. The first-order valence-corrected chi connectivity index (χ1v) is 4.13. The van der Waals surface area contributed by atoms with Crippen LogP contribution in [-0.4, -0.2) is 25.5 Å². The molecule has 0 aliphatic carbocycles. The fourth-order valence-corrected chi connectivity index (χ4v) is 1.15. The summed E-state index contributed by atoms with van der Waals surface area (Å²) in [5.74, 6) is 0.981. The number of nitrogens with two attached hydrogens (primary N) is 1. The van der Waals surface area contributed by atoms with E-state index in [4.69, 9.17) is 10.2 Å². The number of nitrogens with zero attached hydrogens (tertiary/aromatic N) is 1. The molecule has 68 valence electrons. The number of hydrogen-bond acceptors (Lipinski definition) is 3. The fourth-order valence-electron chi connectivity index (χ4n) is 1.15. The zero-order valence-corrected chi connectivity index (χ0v) is 7.71. The Kier molecular flexibility index (Phi) is 3.31. The van der Waals surface area contributed by atoms with Crippen molar-refractivity contribution in [2.45, 2.75) is 13.0 Å². The van der Waals surface area contributed by atoms with E-state index < -0.39 is 0 Å². The van der Waals surface area contributed by atoms with Gasteiger partial charge in [-0.3, -0.25) is 0 Å². The lowest BCUT2D eigenvalue weighted by Gasteiger charge is -2.05. The van der Waals surface area contributed by atoms with Gasteiger partial charge in [-0.2, -0.15) is 0 Å². The van der Waals surface area contributed by atoms with E-state index in [0.717, 1.165) is 18.7 Å². The Morgan fingerprint density at radius 1 is 1.50 bits per heavy atom. The summed E-state index contributed by atoms with van der Waals surface area (Å²) in [6, 6.07) is 2.06. The van der Waals surface area contributed by atoms with Crippen molar-refractivity contribution in [3.8, 4) is 0 Å². The van der Waals surface area contributed by atoms with Crippen LogP contribution in [0.3, 0.4) is 0 Å². The highest BCUT2D eigenvalue weighted by atomic mass is 16.3. The number of hydrogen-bond donors (Lipinski definition) is 1. The van der Waals surface area contributed by atoms with Gasteiger partial charge in [0.1, 0.15) is 5.76 Å². The molecule has 0 fully saturated rings. The van der Waals surface area contributed by atoms with E-state index in [1.165, 1.54) is 5.56 Å². The van der Waals surface area contributed by atoms with Gasteiger partial charge >= 0.3 is 0 Å². The summed E-state index contributed by atoms with van der Waals surface area (Å²) in [4.78, 5) is 2.11. The minimum absolute atomic E-state index is 0.648. The molecule has 1 aromatic rings. The summed E-state index contributed by atoms with van der Waals surface area (Å²) in [7, 11) is 4.07. The van der Waals surface area contributed by atoms with Crippen LogP contribution in [0.2, 0.25) is 0 Å². The zero-order valence-electron chi connectivity index (χ0n) is 7.71. The van der Waals surface area contributed by atoms with Gasteiger partial charge in [-0.1, -0.05) is 0 Å². The molecule has 0 aromatic carbocycles. The van der Waals surface area contributed by atoms with Crippen molar-refractivity contribution in [2.75, 3.05) is 20.6 Å². The molecule has 0 amide bonds. The smallest absolute Gasteiger partial charge is 0.105 e. The van der Waals surface area contributed by atoms with Crippen molar-refractivity contribution < 1.29 is 4.42 Å². The molecule has 0 unspecified atom stereocenters. The molecular formula is C9H16N2O. The predicted molar refractivity (Wildman–Crippen MR) is 48.9 cm³/mol. The largest absolute Gasteiger partial charge is 0.469 e. The lowest BCUT2D eigenvalue weighted by Crippen LogP contribution is -2.09. The number of rotatable bonds is 4. The van der Waals surface area contributed by atoms with Gasteiger partial charge in [0, 0.05) is 18.5 Å². The lowest BCUT2D eigenvalue weighted by molar-refractivity contribution is 0.399. The molecule has 0 saturated heterocycles. The molecule has 2 N–H and O–H groups in total. The summed E-state index contributed by atoms with van der Waals surface area (Å²) < 4.78 is 5.30. The van der Waals surface area contributed by atoms with E-state index in [1.54, 1.807) is 6.26 Å². The molecule has 3 heteroatoms. The highest BCUT2D eigenvalue weighted by Crippen LogP contribution is 2.09. The summed E-state index contributed by atoms with van der Waals surface area (Å²) in [6.45, 7) is 1.57. The monoisotopic (exact) mass is 168 g/mol. The van der Waals surface area contributed by atoms with Crippen LogP contribution in [0.15, 0.2) is 16.7 Å². The van der Waals surface area contributed by atoms with Gasteiger partial charge in [0.2, 0.25) is 0 Å². The molecule has 1 rings (SSSR count). The van der Waals surface area contributed by atoms with Crippen molar-refractivity contribution in [3.63, 3.8) is 0 Å². The van der Waals surface area contributed by atoms with Gasteiger partial charge < -0.3 is 15.1 Å². The topological polar surface area (TPSA) is 42.4 Å². The highest BCUT2D eigenvalue weighted by molar-refractivity contribution is 5.12. The molecular weight excluding hydrogens is 152 g/mol. The predicted octanol–water partition coefficient (Wildman–Crippen LogP) is 0.842. The quantitative estimate of drug-likeness (QED) is 0.724. The van der Waals surface area contributed by atoms with Gasteiger partial charge in [-0.15, -0.1) is 0 Å². The molecule has 3 nitrogen and oxygen atoms in total. The molecule has 1 heterocycles. The SMILES string of the molecule is CN(C)Cc1coc(CCN)c1. The van der Waals surface area contributed by atoms with Crippen LogP contribution in [0, 0.1) is 0 Å². The Balaban J connectivity index is 2.52. The van der Waals surface area contributed by atoms with Crippen LogP contribution in [0.25, 0.3) is 0 Å². The van der Waals surface area contributed by atoms with E-state index in [1.807, 2.05) is 14.1 Å². The average Bonchev–Trinajstić information content (AvgIpc) is 2.36. The average molecular weight is 168 g/mol. The third-order valence-electron chi connectivity index (χ3n) is 1.60. The van der Waals surface area contributed by atoms with Gasteiger partial charge in [0.05, 0.1) is 6.26 Å². The second kappa shape index (κ2) is 4.28. The van der Waals surface area contributed by atoms with E-state index >= 15 is 0 Å². The molecule has 0 saturated carbocycles. The molecule has 0 spiro atoms. The van der Waals surface area contributed by atoms with Gasteiger partial charge in [-0.25, -0.2) is 0 Å². The first-order valence-electron chi connectivity index (χ1n) is 4.13. The molecule has 0 atom stereocenters. The van der Waals surface area contributed by atoms with E-state index in [-0.39, 0.29) is 0 Å². The van der Waals surface area contributed by atoms with Crippen LogP contribution in [-0.2, 0) is 13.0 Å². The zero-order chi connectivity index (χ0) is 8.97. The van der Waals surface area contributed by atoms with Crippen molar-refractivity contribution >= 4 is 0 Å². The molecule has 0 radical (unpaired) electrons. The summed E-state index contributed by atoms with van der Waals surface area (Å²) in [5.41, 5.74) is 6.61. The Labute approximate surface area is 73.2 Å². The maximum atomic E-state index is 5.40. The molecule has 0 aliphatic rings. The fraction of sp³-hybridized carbons (Fsp3) is 0.556. The van der Waals surface area contributed by atoms with Gasteiger partial charge in [-0.05, 0) is 26.7 Å². The van der Waals surface area contributed by atoms with Crippen LogP contribution in [0.5, 0.6) is 0 Å². The third kappa shape index (κ3) is 2.68. The minimum Gasteiger partial charge on any atom is -0.469 e. The third-order valence-corrected chi connectivity index (χ3v) is 1.60. The lowest BCUT2D eigenvalue weighted by atomic mass is 10.2. The van der Waals surface area contributed by atoms with Crippen molar-refractivity contribution in [1.82, 2.24) is 4.90 Å². The molecule has 0 bridgehead atoms. The Hall–Kier alpha value is -0.800. The van der Waals surface area contributed by atoms with Crippen molar-refractivity contribution in [3.05, 3.63) is 23.7 Å². The minimum atomic E-state index is 0.648. The van der Waals surface area contributed by atoms with Gasteiger partial charge in [0.25, 0.3) is 0 Å². The molecule has 0 aliphatic heterocycles. The first kappa shape index (κ1) is 9.29.